The van der Waals surface area contributed by atoms with Gasteiger partial charge in [-0.3, -0.25) is 23.4 Å². The number of rotatable bonds is 12. The summed E-state index contributed by atoms with van der Waals surface area (Å²) in [5, 5.41) is 3.54. The molecule has 0 atom stereocenters. The maximum absolute atomic E-state index is 13.7. The number of sulfonamides is 1. The molecule has 0 bridgehead atoms. The van der Waals surface area contributed by atoms with Crippen LogP contribution in [0.15, 0.2) is 82.5 Å². The van der Waals surface area contributed by atoms with Crippen molar-refractivity contribution in [3.63, 3.8) is 0 Å². The predicted molar refractivity (Wildman–Crippen MR) is 163 cm³/mol. The van der Waals surface area contributed by atoms with Gasteiger partial charge in [0, 0.05) is 29.4 Å². The lowest BCUT2D eigenvalue weighted by Crippen LogP contribution is -2.48. The molecule has 12 nitrogen and oxygen atoms in total. The van der Waals surface area contributed by atoms with E-state index in [-0.39, 0.29) is 24.0 Å². The smallest absolute Gasteiger partial charge is 0.387 e. The summed E-state index contributed by atoms with van der Waals surface area (Å²) in [5.74, 6) is -0.369. The molecule has 0 aliphatic rings. The van der Waals surface area contributed by atoms with Crippen LogP contribution in [0.2, 0.25) is 5.02 Å². The molecular weight excluding hydrogens is 636 g/mol. The second kappa shape index (κ2) is 13.5. The maximum Gasteiger partial charge on any atom is 0.387 e. The van der Waals surface area contributed by atoms with E-state index in [0.29, 0.717) is 22.0 Å². The number of anilines is 2. The first-order valence-corrected chi connectivity index (χ1v) is 15.4. The number of hydrogen-bond acceptors (Lipinski definition) is 9. The minimum absolute atomic E-state index is 0.0205. The normalized spacial score (nSPS) is 11.7. The van der Waals surface area contributed by atoms with Crippen LogP contribution in [0.4, 0.5) is 20.3 Å². The van der Waals surface area contributed by atoms with E-state index >= 15 is 0 Å². The highest BCUT2D eigenvalue weighted by Gasteiger charge is 2.32. The standard InChI is InChI=1S/C29H28ClF2N5O7S/c1-29(2,26(39)35-45(3,41)42)17-37-25(38)14-23(36(28(37)40)16-18-4-6-19(30)7-5-18)34-20-8-10-21(11-9-20)43-24-13-12-22(15-33-24)44-27(31)32/h4-15,27,34H,16-17H2,1-3H3,(H,35,39). The topological polar surface area (TPSA) is 151 Å². The average molecular weight is 664 g/mol. The van der Waals surface area contributed by atoms with E-state index in [1.165, 1.54) is 36.6 Å². The molecule has 4 rings (SSSR count). The van der Waals surface area contributed by atoms with E-state index in [9.17, 15) is 31.6 Å². The molecule has 0 aliphatic carbocycles. The van der Waals surface area contributed by atoms with Gasteiger partial charge in [0.25, 0.3) is 5.56 Å². The fraction of sp³-hybridized carbons (Fsp3) is 0.241. The second-order valence-electron chi connectivity index (χ2n) is 10.5. The summed E-state index contributed by atoms with van der Waals surface area (Å²) in [5.41, 5.74) is -1.75. The van der Waals surface area contributed by atoms with Gasteiger partial charge in [-0.25, -0.2) is 18.2 Å². The summed E-state index contributed by atoms with van der Waals surface area (Å²) < 4.78 is 61.9. The number of nitrogens with one attached hydrogen (secondary N) is 2. The van der Waals surface area contributed by atoms with Crippen molar-refractivity contribution in [1.82, 2.24) is 18.8 Å². The fourth-order valence-electron chi connectivity index (χ4n) is 4.04. The molecule has 2 heterocycles. The summed E-state index contributed by atoms with van der Waals surface area (Å²) in [6, 6.07) is 17.0. The van der Waals surface area contributed by atoms with E-state index in [4.69, 9.17) is 16.3 Å². The van der Waals surface area contributed by atoms with Gasteiger partial charge in [0.2, 0.25) is 21.8 Å². The summed E-state index contributed by atoms with van der Waals surface area (Å²) in [6.45, 7) is -0.525. The minimum atomic E-state index is -3.87. The maximum atomic E-state index is 13.7. The Morgan fingerprint density at radius 3 is 2.22 bits per heavy atom. The molecule has 0 aliphatic heterocycles. The highest BCUT2D eigenvalue weighted by atomic mass is 35.5. The quantitative estimate of drug-likeness (QED) is 0.226. The molecule has 2 aromatic carbocycles. The van der Waals surface area contributed by atoms with Crippen molar-refractivity contribution in [2.24, 2.45) is 5.41 Å². The number of pyridine rings is 1. The number of alkyl halides is 2. The molecular formula is C29H28ClF2N5O7S. The number of aromatic nitrogens is 3. The second-order valence-corrected chi connectivity index (χ2v) is 12.7. The third-order valence-electron chi connectivity index (χ3n) is 6.26. The van der Waals surface area contributed by atoms with E-state index in [0.717, 1.165) is 17.0 Å². The zero-order valence-corrected chi connectivity index (χ0v) is 25.7. The van der Waals surface area contributed by atoms with Gasteiger partial charge in [0.15, 0.2) is 0 Å². The molecule has 0 fully saturated rings. The first-order valence-electron chi connectivity index (χ1n) is 13.2. The van der Waals surface area contributed by atoms with E-state index in [2.05, 4.69) is 15.0 Å². The van der Waals surface area contributed by atoms with Crippen molar-refractivity contribution in [3.8, 4) is 17.4 Å². The molecule has 2 N–H and O–H groups in total. The van der Waals surface area contributed by atoms with E-state index in [1.807, 2.05) is 4.72 Å². The molecule has 45 heavy (non-hydrogen) atoms. The Bertz CT molecular complexity index is 1900. The summed E-state index contributed by atoms with van der Waals surface area (Å²) >= 11 is 6.01. The van der Waals surface area contributed by atoms with Gasteiger partial charge >= 0.3 is 12.3 Å². The molecule has 0 spiro atoms. The number of nitrogens with zero attached hydrogens (tertiary/aromatic N) is 3. The lowest BCUT2D eigenvalue weighted by Gasteiger charge is -2.24. The van der Waals surface area contributed by atoms with E-state index in [1.54, 1.807) is 48.5 Å². The third kappa shape index (κ3) is 9.12. The van der Waals surface area contributed by atoms with Gasteiger partial charge in [0.1, 0.15) is 17.3 Å². The van der Waals surface area contributed by atoms with Crippen LogP contribution in [0, 0.1) is 5.41 Å². The highest BCUT2D eigenvalue weighted by Crippen LogP contribution is 2.25. The number of carbonyl (C=O) groups excluding carboxylic acids is 1. The third-order valence-corrected chi connectivity index (χ3v) is 7.07. The molecule has 16 heteroatoms. The van der Waals surface area contributed by atoms with E-state index < -0.39 is 45.8 Å². The molecule has 0 unspecified atom stereocenters. The highest BCUT2D eigenvalue weighted by molar-refractivity contribution is 7.89. The Labute approximate surface area is 261 Å². The summed E-state index contributed by atoms with van der Waals surface area (Å²) in [4.78, 5) is 43.5. The molecule has 0 saturated heterocycles. The van der Waals surface area contributed by atoms with Gasteiger partial charge < -0.3 is 14.8 Å². The van der Waals surface area contributed by atoms with Gasteiger partial charge in [-0.1, -0.05) is 23.7 Å². The predicted octanol–water partition coefficient (Wildman–Crippen LogP) is 4.35. The summed E-state index contributed by atoms with van der Waals surface area (Å²) in [6.07, 6.45) is 1.92. The molecule has 0 saturated carbocycles. The van der Waals surface area contributed by atoms with Crippen LogP contribution in [0.5, 0.6) is 17.4 Å². The largest absolute Gasteiger partial charge is 0.439 e. The monoisotopic (exact) mass is 663 g/mol. The lowest BCUT2D eigenvalue weighted by molar-refractivity contribution is -0.128. The number of amides is 1. The Balaban J connectivity index is 1.62. The van der Waals surface area contributed by atoms with Gasteiger partial charge in [-0.15, -0.1) is 0 Å². The zero-order chi connectivity index (χ0) is 32.9. The molecule has 238 valence electrons. The Morgan fingerprint density at radius 2 is 1.64 bits per heavy atom. The summed E-state index contributed by atoms with van der Waals surface area (Å²) in [7, 11) is -3.87. The number of hydrogen-bond donors (Lipinski definition) is 2. The Kier molecular flexibility index (Phi) is 9.93. The van der Waals surface area contributed by atoms with Crippen LogP contribution in [0.25, 0.3) is 0 Å². The van der Waals surface area contributed by atoms with Crippen molar-refractivity contribution in [2.45, 2.75) is 33.5 Å². The zero-order valence-electron chi connectivity index (χ0n) is 24.2. The van der Waals surface area contributed by atoms with Crippen molar-refractivity contribution in [1.29, 1.82) is 0 Å². The van der Waals surface area contributed by atoms with Crippen molar-refractivity contribution < 1.29 is 31.5 Å². The molecule has 2 aromatic heterocycles. The average Bonchev–Trinajstić information content (AvgIpc) is 2.95. The van der Waals surface area contributed by atoms with Crippen molar-refractivity contribution >= 4 is 39.0 Å². The number of ether oxygens (including phenoxy) is 2. The van der Waals surface area contributed by atoms with Crippen molar-refractivity contribution in [2.75, 3.05) is 11.6 Å². The van der Waals surface area contributed by atoms with Gasteiger partial charge in [-0.2, -0.15) is 8.78 Å². The molecule has 4 aromatic rings. The van der Waals surface area contributed by atoms with Crippen LogP contribution in [0.1, 0.15) is 19.4 Å². The minimum Gasteiger partial charge on any atom is -0.439 e. The van der Waals surface area contributed by atoms with Crippen LogP contribution in [0.3, 0.4) is 0 Å². The number of benzene rings is 2. The first kappa shape index (κ1) is 33.1. The van der Waals surface area contributed by atoms with Gasteiger partial charge in [0.05, 0.1) is 24.4 Å². The molecule has 1 amide bonds. The Morgan fingerprint density at radius 1 is 1.00 bits per heavy atom. The van der Waals surface area contributed by atoms with Crippen LogP contribution < -0.4 is 30.8 Å². The first-order chi connectivity index (χ1) is 21.1. The Hall–Kier alpha value is -4.76. The molecule has 0 radical (unpaired) electrons. The fourth-order valence-corrected chi connectivity index (χ4v) is 4.78. The SMILES string of the molecule is CC(C)(Cn1c(=O)cc(Nc2ccc(Oc3ccc(OC(F)F)cn3)cc2)n(Cc2ccc(Cl)cc2)c1=O)C(=O)NS(C)(=O)=O. The number of carbonyl (C=O) groups is 1. The van der Waals surface area contributed by atoms with Gasteiger partial charge in [-0.05, 0) is 61.9 Å². The number of halogens is 3. The van der Waals surface area contributed by atoms with Crippen LogP contribution >= 0.6 is 11.6 Å². The lowest BCUT2D eigenvalue weighted by atomic mass is 9.92. The van der Waals surface area contributed by atoms with Crippen LogP contribution in [-0.2, 0) is 27.9 Å². The van der Waals surface area contributed by atoms with Crippen LogP contribution in [-0.4, -0.2) is 41.3 Å². The van der Waals surface area contributed by atoms with Crippen molar-refractivity contribution in [3.05, 3.63) is 104 Å².